The molecular weight excluding hydrogens is 320 g/mol. The standard InChI is InChI=1S/C17H22N6O2/c1-12-4-8-21(20-12)11-16(24)22-9-5-14-13(22)6-10-23(14)17-18-7-3-15(19-17)25-2/h3-4,7-8,13-14H,5-6,9-11H2,1-2H3/t13-,14-/m0/s1. The Kier molecular flexibility index (Phi) is 4.03. The van der Waals surface area contributed by atoms with Crippen molar-refractivity contribution in [2.45, 2.75) is 38.4 Å². The number of methoxy groups -OCH3 is 1. The molecule has 2 aliphatic rings. The molecule has 0 N–H and O–H groups in total. The normalized spacial score (nSPS) is 22.3. The van der Waals surface area contributed by atoms with E-state index >= 15 is 0 Å². The van der Waals surface area contributed by atoms with Crippen LogP contribution >= 0.6 is 0 Å². The summed E-state index contributed by atoms with van der Waals surface area (Å²) in [5.74, 6) is 1.38. The fraction of sp³-hybridized carbons (Fsp3) is 0.529. The molecule has 2 atom stereocenters. The number of anilines is 1. The first-order valence-corrected chi connectivity index (χ1v) is 8.59. The van der Waals surface area contributed by atoms with Gasteiger partial charge < -0.3 is 14.5 Å². The summed E-state index contributed by atoms with van der Waals surface area (Å²) in [6.45, 7) is 3.85. The summed E-state index contributed by atoms with van der Waals surface area (Å²) in [7, 11) is 1.60. The molecule has 8 nitrogen and oxygen atoms in total. The van der Waals surface area contributed by atoms with Crippen molar-refractivity contribution >= 4 is 11.9 Å². The average Bonchev–Trinajstić information content (AvgIpc) is 3.31. The largest absolute Gasteiger partial charge is 0.481 e. The SMILES string of the molecule is COc1ccnc(N2CC[C@H]3[C@@H]2CCN3C(=O)Cn2ccc(C)n2)n1. The van der Waals surface area contributed by atoms with E-state index < -0.39 is 0 Å². The quantitative estimate of drug-likeness (QED) is 0.821. The number of aryl methyl sites for hydroxylation is 1. The molecule has 0 unspecified atom stereocenters. The molecule has 0 saturated carbocycles. The lowest BCUT2D eigenvalue weighted by molar-refractivity contribution is -0.132. The molecule has 0 aliphatic carbocycles. The van der Waals surface area contributed by atoms with E-state index in [0.717, 1.165) is 31.6 Å². The van der Waals surface area contributed by atoms with Crippen LogP contribution in [0.5, 0.6) is 5.88 Å². The molecule has 8 heteroatoms. The zero-order chi connectivity index (χ0) is 17.4. The third-order valence-electron chi connectivity index (χ3n) is 5.05. The number of rotatable bonds is 4. The Balaban J connectivity index is 1.46. The summed E-state index contributed by atoms with van der Waals surface area (Å²) in [6, 6.07) is 4.15. The molecule has 2 saturated heterocycles. The fourth-order valence-corrected chi connectivity index (χ4v) is 3.91. The molecule has 4 heterocycles. The van der Waals surface area contributed by atoms with Crippen LogP contribution in [0, 0.1) is 6.92 Å². The second-order valence-electron chi connectivity index (χ2n) is 6.55. The van der Waals surface area contributed by atoms with Gasteiger partial charge in [0, 0.05) is 31.5 Å². The number of hydrogen-bond donors (Lipinski definition) is 0. The van der Waals surface area contributed by atoms with Crippen molar-refractivity contribution in [3.05, 3.63) is 30.2 Å². The van der Waals surface area contributed by atoms with E-state index in [0.29, 0.717) is 18.4 Å². The number of hydrogen-bond acceptors (Lipinski definition) is 6. The summed E-state index contributed by atoms with van der Waals surface area (Å²) < 4.78 is 6.91. The van der Waals surface area contributed by atoms with Gasteiger partial charge >= 0.3 is 0 Å². The van der Waals surface area contributed by atoms with E-state index in [9.17, 15) is 4.79 Å². The Labute approximate surface area is 146 Å². The molecule has 0 bridgehead atoms. The predicted molar refractivity (Wildman–Crippen MR) is 91.4 cm³/mol. The second-order valence-corrected chi connectivity index (χ2v) is 6.55. The Hall–Kier alpha value is -2.64. The highest BCUT2D eigenvalue weighted by Crippen LogP contribution is 2.34. The minimum absolute atomic E-state index is 0.129. The van der Waals surface area contributed by atoms with Gasteiger partial charge in [0.15, 0.2) is 0 Å². The Morgan fingerprint density at radius 1 is 1.28 bits per heavy atom. The van der Waals surface area contributed by atoms with Crippen LogP contribution in [0.25, 0.3) is 0 Å². The average molecular weight is 342 g/mol. The second kappa shape index (κ2) is 6.34. The van der Waals surface area contributed by atoms with Crippen molar-refractivity contribution in [2.24, 2.45) is 0 Å². The van der Waals surface area contributed by atoms with Crippen LogP contribution in [-0.2, 0) is 11.3 Å². The number of likely N-dealkylation sites (tertiary alicyclic amines) is 1. The topological polar surface area (TPSA) is 76.4 Å². The van der Waals surface area contributed by atoms with Gasteiger partial charge in [0.05, 0.1) is 24.9 Å². The van der Waals surface area contributed by atoms with Crippen molar-refractivity contribution in [1.82, 2.24) is 24.6 Å². The monoisotopic (exact) mass is 342 g/mol. The summed E-state index contributed by atoms with van der Waals surface area (Å²) in [5.41, 5.74) is 0.925. The Bertz CT molecular complexity index is 776. The van der Waals surface area contributed by atoms with E-state index in [4.69, 9.17) is 4.74 Å². The number of amides is 1. The van der Waals surface area contributed by atoms with Crippen LogP contribution in [0.3, 0.4) is 0 Å². The zero-order valence-electron chi connectivity index (χ0n) is 14.5. The third kappa shape index (κ3) is 2.92. The van der Waals surface area contributed by atoms with E-state index in [2.05, 4.69) is 20.0 Å². The van der Waals surface area contributed by atoms with Crippen LogP contribution in [0.4, 0.5) is 5.95 Å². The van der Waals surface area contributed by atoms with Gasteiger partial charge in [-0.25, -0.2) is 4.98 Å². The maximum atomic E-state index is 12.7. The molecule has 1 amide bonds. The zero-order valence-corrected chi connectivity index (χ0v) is 14.5. The fourth-order valence-electron chi connectivity index (χ4n) is 3.91. The molecule has 2 fully saturated rings. The number of fused-ring (bicyclic) bond motifs is 1. The number of ether oxygens (including phenoxy) is 1. The molecule has 2 aromatic heterocycles. The summed E-state index contributed by atoms with van der Waals surface area (Å²) in [4.78, 5) is 25.8. The Morgan fingerprint density at radius 2 is 2.12 bits per heavy atom. The Morgan fingerprint density at radius 3 is 2.88 bits per heavy atom. The summed E-state index contributed by atoms with van der Waals surface area (Å²) >= 11 is 0. The van der Waals surface area contributed by atoms with Crippen molar-refractivity contribution in [2.75, 3.05) is 25.1 Å². The summed E-state index contributed by atoms with van der Waals surface area (Å²) in [5, 5.41) is 4.31. The van der Waals surface area contributed by atoms with E-state index in [1.165, 1.54) is 0 Å². The molecule has 25 heavy (non-hydrogen) atoms. The minimum Gasteiger partial charge on any atom is -0.481 e. The lowest BCUT2D eigenvalue weighted by atomic mass is 10.1. The highest BCUT2D eigenvalue weighted by molar-refractivity contribution is 5.77. The number of carbonyl (C=O) groups is 1. The number of nitrogens with zero attached hydrogens (tertiary/aromatic N) is 6. The smallest absolute Gasteiger partial charge is 0.244 e. The van der Waals surface area contributed by atoms with Crippen molar-refractivity contribution in [3.63, 3.8) is 0 Å². The van der Waals surface area contributed by atoms with Crippen LogP contribution in [0.2, 0.25) is 0 Å². The number of aromatic nitrogens is 4. The van der Waals surface area contributed by atoms with Gasteiger partial charge in [0.2, 0.25) is 17.7 Å². The molecular formula is C17H22N6O2. The van der Waals surface area contributed by atoms with Gasteiger partial charge in [-0.2, -0.15) is 10.1 Å². The van der Waals surface area contributed by atoms with Gasteiger partial charge in [0.1, 0.15) is 6.54 Å². The van der Waals surface area contributed by atoms with Gasteiger partial charge in [0.25, 0.3) is 0 Å². The predicted octanol–water partition coefficient (Wildman–Crippen LogP) is 0.870. The minimum atomic E-state index is 0.129. The van der Waals surface area contributed by atoms with Crippen LogP contribution in [0.15, 0.2) is 24.5 Å². The summed E-state index contributed by atoms with van der Waals surface area (Å²) in [6.07, 6.45) is 5.45. The van der Waals surface area contributed by atoms with Gasteiger partial charge in [-0.1, -0.05) is 0 Å². The maximum absolute atomic E-state index is 12.7. The van der Waals surface area contributed by atoms with Crippen LogP contribution in [0.1, 0.15) is 18.5 Å². The van der Waals surface area contributed by atoms with E-state index in [1.807, 2.05) is 24.1 Å². The van der Waals surface area contributed by atoms with Crippen LogP contribution < -0.4 is 9.64 Å². The van der Waals surface area contributed by atoms with Gasteiger partial charge in [-0.3, -0.25) is 9.48 Å². The molecule has 0 spiro atoms. The van der Waals surface area contributed by atoms with E-state index in [-0.39, 0.29) is 18.0 Å². The van der Waals surface area contributed by atoms with Gasteiger partial charge in [-0.05, 0) is 25.8 Å². The highest BCUT2D eigenvalue weighted by atomic mass is 16.5. The molecule has 4 rings (SSSR count). The highest BCUT2D eigenvalue weighted by Gasteiger charge is 2.45. The van der Waals surface area contributed by atoms with Crippen LogP contribution in [-0.4, -0.2) is 62.8 Å². The number of carbonyl (C=O) groups excluding carboxylic acids is 1. The lowest BCUT2D eigenvalue weighted by Crippen LogP contribution is -2.41. The molecule has 0 radical (unpaired) electrons. The maximum Gasteiger partial charge on any atom is 0.244 e. The first-order chi connectivity index (χ1) is 12.2. The first-order valence-electron chi connectivity index (χ1n) is 8.59. The van der Waals surface area contributed by atoms with Crippen molar-refractivity contribution in [3.8, 4) is 5.88 Å². The first kappa shape index (κ1) is 15.9. The van der Waals surface area contributed by atoms with Crippen molar-refractivity contribution in [1.29, 1.82) is 0 Å². The molecule has 132 valence electrons. The lowest BCUT2D eigenvalue weighted by Gasteiger charge is -2.25. The van der Waals surface area contributed by atoms with Crippen molar-refractivity contribution < 1.29 is 9.53 Å². The third-order valence-corrected chi connectivity index (χ3v) is 5.05. The molecule has 2 aliphatic heterocycles. The van der Waals surface area contributed by atoms with E-state index in [1.54, 1.807) is 24.1 Å². The molecule has 2 aromatic rings. The molecule has 0 aromatic carbocycles. The van der Waals surface area contributed by atoms with Gasteiger partial charge in [-0.15, -0.1) is 0 Å².